The van der Waals surface area contributed by atoms with Gasteiger partial charge in [0.2, 0.25) is 0 Å². The van der Waals surface area contributed by atoms with Crippen molar-refractivity contribution in [2.75, 3.05) is 33.7 Å². The first-order valence-corrected chi connectivity index (χ1v) is 6.81. The van der Waals surface area contributed by atoms with Crippen LogP contribution < -0.4 is 0 Å². The summed E-state index contributed by atoms with van der Waals surface area (Å²) in [7, 11) is 4.09. The maximum absolute atomic E-state index is 13.5. The minimum absolute atomic E-state index is 0.00806. The van der Waals surface area contributed by atoms with Gasteiger partial charge in [-0.05, 0) is 63.8 Å². The highest BCUT2D eigenvalue weighted by atomic mass is 19.1. The largest absolute Gasteiger partial charge is 0.387 e. The van der Waals surface area contributed by atoms with Crippen LogP contribution in [0.25, 0.3) is 0 Å². The van der Waals surface area contributed by atoms with Crippen molar-refractivity contribution in [1.29, 1.82) is 0 Å². The molecule has 1 N–H and O–H groups in total. The number of aliphatic hydroxyl groups excluding tert-OH is 1. The molecule has 1 saturated heterocycles. The van der Waals surface area contributed by atoms with E-state index >= 15 is 0 Å². The van der Waals surface area contributed by atoms with E-state index in [2.05, 4.69) is 16.8 Å². The molecule has 1 aromatic carbocycles. The van der Waals surface area contributed by atoms with E-state index in [1.54, 1.807) is 0 Å². The number of aliphatic hydroxyl groups is 1. The Balaban J connectivity index is 2.22. The predicted molar refractivity (Wildman–Crippen MR) is 74.6 cm³/mol. The highest BCUT2D eigenvalue weighted by Crippen LogP contribution is 2.24. The first-order chi connectivity index (χ1) is 8.97. The second kappa shape index (κ2) is 5.99. The Morgan fingerprint density at radius 3 is 2.68 bits per heavy atom. The Morgan fingerprint density at radius 1 is 1.26 bits per heavy atom. The van der Waals surface area contributed by atoms with Gasteiger partial charge in [0.25, 0.3) is 0 Å². The van der Waals surface area contributed by atoms with Crippen LogP contribution in [0.3, 0.4) is 0 Å². The zero-order valence-corrected chi connectivity index (χ0v) is 11.9. The molecule has 2 unspecified atom stereocenters. The van der Waals surface area contributed by atoms with Gasteiger partial charge in [-0.1, -0.05) is 6.07 Å². The lowest BCUT2D eigenvalue weighted by atomic mass is 9.99. The molecule has 4 heteroatoms. The summed E-state index contributed by atoms with van der Waals surface area (Å²) in [6.07, 6.45) is 0.443. The molecule has 2 atom stereocenters. The average molecular weight is 266 g/mol. The van der Waals surface area contributed by atoms with E-state index in [1.165, 1.54) is 12.1 Å². The monoisotopic (exact) mass is 266 g/mol. The van der Waals surface area contributed by atoms with Gasteiger partial charge < -0.3 is 10.0 Å². The molecule has 2 rings (SSSR count). The van der Waals surface area contributed by atoms with Crippen molar-refractivity contribution in [3.05, 3.63) is 35.1 Å². The van der Waals surface area contributed by atoms with Gasteiger partial charge in [-0.2, -0.15) is 0 Å². The molecule has 1 heterocycles. The van der Waals surface area contributed by atoms with Gasteiger partial charge in [0.05, 0.1) is 12.1 Å². The summed E-state index contributed by atoms with van der Waals surface area (Å²) >= 11 is 0. The number of halogens is 1. The van der Waals surface area contributed by atoms with Gasteiger partial charge >= 0.3 is 0 Å². The number of rotatable bonds is 2. The molecule has 1 aliphatic rings. The lowest BCUT2D eigenvalue weighted by Crippen LogP contribution is -2.42. The van der Waals surface area contributed by atoms with E-state index in [4.69, 9.17) is 0 Å². The number of benzene rings is 1. The molecule has 0 radical (unpaired) electrons. The van der Waals surface area contributed by atoms with E-state index in [9.17, 15) is 9.50 Å². The van der Waals surface area contributed by atoms with Gasteiger partial charge in [0, 0.05) is 6.54 Å². The minimum atomic E-state index is -0.653. The Kier molecular flexibility index (Phi) is 4.55. The van der Waals surface area contributed by atoms with Crippen molar-refractivity contribution in [2.24, 2.45) is 0 Å². The topological polar surface area (TPSA) is 26.7 Å². The van der Waals surface area contributed by atoms with E-state index in [0.29, 0.717) is 5.56 Å². The summed E-state index contributed by atoms with van der Waals surface area (Å²) in [6, 6.07) is 4.80. The van der Waals surface area contributed by atoms with E-state index in [-0.39, 0.29) is 11.9 Å². The maximum atomic E-state index is 13.5. The molecule has 0 saturated carbocycles. The first kappa shape index (κ1) is 14.4. The summed E-state index contributed by atoms with van der Waals surface area (Å²) in [5, 5.41) is 10.6. The van der Waals surface area contributed by atoms with Crippen LogP contribution in [0, 0.1) is 12.7 Å². The van der Waals surface area contributed by atoms with Gasteiger partial charge in [-0.15, -0.1) is 0 Å². The Morgan fingerprint density at radius 2 is 2.00 bits per heavy atom. The van der Waals surface area contributed by atoms with Crippen LogP contribution in [0.2, 0.25) is 0 Å². The second-order valence-electron chi connectivity index (χ2n) is 5.67. The molecular weight excluding hydrogens is 243 g/mol. The molecule has 106 valence electrons. The van der Waals surface area contributed by atoms with Crippen LogP contribution in [0.4, 0.5) is 4.39 Å². The number of hydrogen-bond donors (Lipinski definition) is 1. The molecule has 0 aliphatic carbocycles. The third kappa shape index (κ3) is 3.53. The Bertz CT molecular complexity index is 418. The number of aryl methyl sites for hydroxylation is 1. The highest BCUT2D eigenvalue weighted by Gasteiger charge is 2.28. The van der Waals surface area contributed by atoms with Crippen molar-refractivity contribution in [1.82, 2.24) is 9.80 Å². The quantitative estimate of drug-likeness (QED) is 0.884. The maximum Gasteiger partial charge on any atom is 0.123 e. The molecule has 1 aromatic rings. The van der Waals surface area contributed by atoms with Gasteiger partial charge in [0.15, 0.2) is 0 Å². The van der Waals surface area contributed by atoms with Crippen LogP contribution in [0.5, 0.6) is 0 Å². The van der Waals surface area contributed by atoms with Crippen LogP contribution in [0.15, 0.2) is 18.2 Å². The van der Waals surface area contributed by atoms with Crippen LogP contribution in [0.1, 0.15) is 23.7 Å². The fourth-order valence-corrected chi connectivity index (χ4v) is 2.80. The summed E-state index contributed by atoms with van der Waals surface area (Å²) < 4.78 is 13.5. The molecule has 0 spiro atoms. The molecule has 3 nitrogen and oxygen atoms in total. The molecule has 1 fully saturated rings. The second-order valence-corrected chi connectivity index (χ2v) is 5.67. The zero-order valence-electron chi connectivity index (χ0n) is 11.9. The third-order valence-corrected chi connectivity index (χ3v) is 3.89. The summed E-state index contributed by atoms with van der Waals surface area (Å²) in [6.45, 7) is 4.64. The number of nitrogens with zero attached hydrogens (tertiary/aromatic N) is 2. The van der Waals surface area contributed by atoms with Gasteiger partial charge in [-0.25, -0.2) is 4.39 Å². The lowest BCUT2D eigenvalue weighted by molar-refractivity contribution is 0.0570. The fourth-order valence-electron chi connectivity index (χ4n) is 2.80. The van der Waals surface area contributed by atoms with Crippen molar-refractivity contribution in [2.45, 2.75) is 25.5 Å². The average Bonchev–Trinajstić information content (AvgIpc) is 2.49. The van der Waals surface area contributed by atoms with E-state index < -0.39 is 6.10 Å². The molecule has 0 amide bonds. The van der Waals surface area contributed by atoms with Crippen molar-refractivity contribution in [3.63, 3.8) is 0 Å². The summed E-state index contributed by atoms with van der Waals surface area (Å²) in [4.78, 5) is 4.40. The Hall–Kier alpha value is -0.970. The normalized spacial score (nSPS) is 24.2. The van der Waals surface area contributed by atoms with Crippen LogP contribution in [-0.4, -0.2) is 54.7 Å². The third-order valence-electron chi connectivity index (χ3n) is 3.89. The SMILES string of the molecule is Cc1cc(F)cc(C(O)C2CN(C)CCCN2C)c1. The van der Waals surface area contributed by atoms with E-state index in [1.807, 2.05) is 20.0 Å². The molecule has 19 heavy (non-hydrogen) atoms. The fraction of sp³-hybridized carbons (Fsp3) is 0.600. The van der Waals surface area contributed by atoms with Crippen molar-refractivity contribution in [3.8, 4) is 0 Å². The van der Waals surface area contributed by atoms with Crippen LogP contribution >= 0.6 is 0 Å². The van der Waals surface area contributed by atoms with E-state index in [0.717, 1.165) is 31.6 Å². The molecule has 0 aromatic heterocycles. The van der Waals surface area contributed by atoms with Crippen molar-refractivity contribution >= 4 is 0 Å². The van der Waals surface area contributed by atoms with Gasteiger partial charge in [0.1, 0.15) is 5.82 Å². The molecular formula is C15H23FN2O. The zero-order chi connectivity index (χ0) is 14.0. The minimum Gasteiger partial charge on any atom is -0.387 e. The molecule has 0 bridgehead atoms. The standard InChI is InChI=1S/C15H23FN2O/c1-11-7-12(9-13(16)8-11)15(19)14-10-17(2)5-4-6-18(14)3/h7-9,14-15,19H,4-6,10H2,1-3H3. The molecule has 1 aliphatic heterocycles. The summed E-state index contributed by atoms with van der Waals surface area (Å²) in [5.41, 5.74) is 1.52. The Labute approximate surface area is 114 Å². The lowest BCUT2D eigenvalue weighted by Gasteiger charge is -2.32. The number of likely N-dealkylation sites (N-methyl/N-ethyl adjacent to an activating group) is 2. The number of hydrogen-bond acceptors (Lipinski definition) is 3. The predicted octanol–water partition coefficient (Wildman–Crippen LogP) is 1.80. The summed E-state index contributed by atoms with van der Waals surface area (Å²) in [5.74, 6) is -0.279. The highest BCUT2D eigenvalue weighted by molar-refractivity contribution is 5.26. The van der Waals surface area contributed by atoms with Gasteiger partial charge in [-0.3, -0.25) is 4.90 Å². The van der Waals surface area contributed by atoms with Crippen molar-refractivity contribution < 1.29 is 9.50 Å². The van der Waals surface area contributed by atoms with Crippen LogP contribution in [-0.2, 0) is 0 Å². The first-order valence-electron chi connectivity index (χ1n) is 6.81. The smallest absolute Gasteiger partial charge is 0.123 e.